The van der Waals surface area contributed by atoms with Crippen LogP contribution in [0.4, 0.5) is 17.6 Å². The Morgan fingerprint density at radius 2 is 1.41 bits per heavy atom. The van der Waals surface area contributed by atoms with E-state index >= 15 is 0 Å². The number of nitrogens with zero attached hydrogens (tertiary/aromatic N) is 1. The van der Waals surface area contributed by atoms with E-state index in [0.29, 0.717) is 23.0 Å². The number of hydrogen-bond donors (Lipinski definition) is 1. The Morgan fingerprint density at radius 1 is 0.923 bits per heavy atom. The van der Waals surface area contributed by atoms with Crippen molar-refractivity contribution in [1.29, 1.82) is 0 Å². The van der Waals surface area contributed by atoms with E-state index in [2.05, 4.69) is 0 Å². The average molecular weight is 576 g/mol. The number of aromatic amines is 1. The molecule has 3 aromatic rings. The highest BCUT2D eigenvalue weighted by Gasteiger charge is 2.51. The molecule has 2 heterocycles. The van der Waals surface area contributed by atoms with Crippen molar-refractivity contribution < 1.29 is 45.3 Å². The topological polar surface area (TPSA) is 110 Å². The zero-order valence-corrected chi connectivity index (χ0v) is 21.6. The minimum Gasteiger partial charge on any atom is -0.497 e. The van der Waals surface area contributed by atoms with Gasteiger partial charge in [-0.2, -0.15) is 0 Å². The van der Waals surface area contributed by atoms with Crippen molar-refractivity contribution in [3.63, 3.8) is 0 Å². The van der Waals surface area contributed by atoms with Crippen LogP contribution >= 0.6 is 8.60 Å². The molecule has 2 aromatic carbocycles. The van der Waals surface area contributed by atoms with Crippen molar-refractivity contribution in [3.8, 4) is 23.0 Å². The zero-order valence-electron chi connectivity index (χ0n) is 20.7. The monoisotopic (exact) mass is 576 g/mol. The molecule has 212 valence electrons. The number of aromatic nitrogens is 2. The number of rotatable bonds is 10. The van der Waals surface area contributed by atoms with E-state index in [1.807, 2.05) is 4.98 Å². The van der Waals surface area contributed by atoms with Crippen LogP contribution in [0.25, 0.3) is 0 Å². The summed E-state index contributed by atoms with van der Waals surface area (Å²) in [5, 5.41) is 0. The van der Waals surface area contributed by atoms with Crippen LogP contribution in [0, 0.1) is 0 Å². The van der Waals surface area contributed by atoms with E-state index < -0.39 is 58.1 Å². The van der Waals surface area contributed by atoms with Gasteiger partial charge in [0.05, 0.1) is 27.2 Å². The third-order valence-electron chi connectivity index (χ3n) is 5.21. The van der Waals surface area contributed by atoms with Crippen LogP contribution in [0.5, 0.6) is 23.0 Å². The largest absolute Gasteiger partial charge is 0.497 e. The second-order valence-corrected chi connectivity index (χ2v) is 8.79. The summed E-state index contributed by atoms with van der Waals surface area (Å²) in [7, 11) is 0.857. The molecular weight excluding hydrogens is 551 g/mol. The predicted octanol–water partition coefficient (Wildman–Crippen LogP) is 4.76. The molecule has 0 aliphatic carbocycles. The molecule has 10 nitrogen and oxygen atoms in total. The van der Waals surface area contributed by atoms with Gasteiger partial charge in [0, 0.05) is 12.3 Å². The van der Waals surface area contributed by atoms with E-state index in [1.54, 1.807) is 48.5 Å². The Morgan fingerprint density at radius 3 is 1.87 bits per heavy atom. The Labute approximate surface area is 221 Å². The lowest BCUT2D eigenvalue weighted by molar-refractivity contribution is -0.0985. The smallest absolute Gasteiger partial charge is 0.463 e. The van der Waals surface area contributed by atoms with Crippen LogP contribution in [0.3, 0.4) is 0 Å². The molecule has 1 aromatic heterocycles. The van der Waals surface area contributed by atoms with E-state index in [1.165, 1.54) is 14.2 Å². The first-order valence-corrected chi connectivity index (χ1v) is 12.3. The Kier molecular flexibility index (Phi) is 10.7. The van der Waals surface area contributed by atoms with Gasteiger partial charge in [0.25, 0.3) is 11.5 Å². The number of H-pyrrole nitrogens is 1. The quantitative estimate of drug-likeness (QED) is 0.272. The van der Waals surface area contributed by atoms with Gasteiger partial charge in [0.2, 0.25) is 6.93 Å². The normalized spacial score (nSPS) is 17.7. The summed E-state index contributed by atoms with van der Waals surface area (Å²) in [6.45, 7) is -2.33. The summed E-state index contributed by atoms with van der Waals surface area (Å²) in [4.78, 5) is 25.3. The molecule has 0 bridgehead atoms. The second kappa shape index (κ2) is 14.0. The molecule has 1 fully saturated rings. The fraction of sp³-hybridized carbons (Fsp3) is 0.333. The molecule has 0 amide bonds. The first-order valence-electron chi connectivity index (χ1n) is 11.2. The minimum atomic E-state index is -3.32. The minimum absolute atomic E-state index is 0.368. The maximum Gasteiger partial charge on any atom is 0.463 e. The average Bonchev–Trinajstić information content (AvgIpc) is 3.22. The molecule has 39 heavy (non-hydrogen) atoms. The summed E-state index contributed by atoms with van der Waals surface area (Å²) in [5.41, 5.74) is -1.49. The lowest BCUT2D eigenvalue weighted by Crippen LogP contribution is -2.32. The standard InChI is InChI=1S/C23H23F2N2O8P.CH2F2/c1-30-15-3-7-17(8-4-15)34-36(35-18-9-5-16(31-2)6-10-18)32-14-19-23(24,25)13-21(33-19)27-12-11-20(28)26-22(27)29;2-1-3/h3-12,19,21H,13-14H2,1-2H3,(H,26,28,29);1H2. The van der Waals surface area contributed by atoms with E-state index in [0.717, 1.165) is 16.8 Å². The SMILES string of the molecule is COc1ccc(OP(OCC2OC(n3ccc(=O)[nH]c3=O)CC2(F)F)Oc2ccc(OC)cc2)cc1.FCF. The van der Waals surface area contributed by atoms with Gasteiger partial charge >= 0.3 is 14.3 Å². The summed E-state index contributed by atoms with van der Waals surface area (Å²) in [6, 6.07) is 14.2. The van der Waals surface area contributed by atoms with Crippen LogP contribution in [0.15, 0.2) is 70.4 Å². The van der Waals surface area contributed by atoms with Gasteiger partial charge in [-0.15, -0.1) is 0 Å². The zero-order chi connectivity index (χ0) is 28.4. The number of ether oxygens (including phenoxy) is 3. The third kappa shape index (κ3) is 8.44. The summed E-state index contributed by atoms with van der Waals surface area (Å²) >= 11 is 0. The molecule has 15 heteroatoms. The van der Waals surface area contributed by atoms with Crippen molar-refractivity contribution >= 4 is 8.60 Å². The van der Waals surface area contributed by atoms with Gasteiger partial charge in [-0.1, -0.05) is 0 Å². The molecule has 0 spiro atoms. The van der Waals surface area contributed by atoms with Crippen molar-refractivity contribution in [1.82, 2.24) is 9.55 Å². The van der Waals surface area contributed by atoms with Gasteiger partial charge < -0.3 is 23.3 Å². The first-order chi connectivity index (χ1) is 18.7. The van der Waals surface area contributed by atoms with Crippen LogP contribution in [-0.2, 0) is 9.26 Å². The second-order valence-electron chi connectivity index (χ2n) is 7.72. The number of benzene rings is 2. The van der Waals surface area contributed by atoms with Crippen molar-refractivity contribution in [2.75, 3.05) is 27.8 Å². The predicted molar refractivity (Wildman–Crippen MR) is 132 cm³/mol. The molecule has 1 saturated heterocycles. The van der Waals surface area contributed by atoms with Gasteiger partial charge in [0.1, 0.15) is 35.3 Å². The summed E-state index contributed by atoms with van der Waals surface area (Å²) in [5.74, 6) is -1.38. The molecular formula is C24H25F4N2O8P. The van der Waals surface area contributed by atoms with Gasteiger partial charge in [-0.3, -0.25) is 18.9 Å². The van der Waals surface area contributed by atoms with E-state index in [4.69, 9.17) is 27.8 Å². The first kappa shape index (κ1) is 29.9. The van der Waals surface area contributed by atoms with Gasteiger partial charge in [0.15, 0.2) is 0 Å². The van der Waals surface area contributed by atoms with Gasteiger partial charge in [-0.25, -0.2) is 22.4 Å². The molecule has 1 aliphatic heterocycles. The molecule has 4 rings (SSSR count). The van der Waals surface area contributed by atoms with Crippen LogP contribution in [0.2, 0.25) is 0 Å². The highest BCUT2D eigenvalue weighted by atomic mass is 31.2. The Balaban J connectivity index is 0.00000134. The van der Waals surface area contributed by atoms with Crippen molar-refractivity contribution in [2.24, 2.45) is 0 Å². The third-order valence-corrected chi connectivity index (χ3v) is 6.29. The molecule has 1 N–H and O–H groups in total. The number of methoxy groups -OCH3 is 2. The number of nitrogens with one attached hydrogen (secondary N) is 1. The summed E-state index contributed by atoms with van der Waals surface area (Å²) in [6.07, 6.45) is -2.64. The number of hydrogen-bond acceptors (Lipinski definition) is 8. The van der Waals surface area contributed by atoms with Crippen molar-refractivity contribution in [3.05, 3.63) is 81.6 Å². The lowest BCUT2D eigenvalue weighted by atomic mass is 10.2. The summed E-state index contributed by atoms with van der Waals surface area (Å²) < 4.78 is 82.5. The maximum absolute atomic E-state index is 14.7. The Bertz CT molecular complexity index is 1240. The van der Waals surface area contributed by atoms with Crippen LogP contribution in [-0.4, -0.2) is 49.3 Å². The maximum atomic E-state index is 14.7. The lowest BCUT2D eigenvalue weighted by Gasteiger charge is -2.22. The molecule has 2 unspecified atom stereocenters. The fourth-order valence-corrected chi connectivity index (χ4v) is 4.31. The molecule has 2 atom stereocenters. The Hall–Kier alpha value is -3.61. The van der Waals surface area contributed by atoms with Gasteiger partial charge in [-0.05, 0) is 48.5 Å². The molecule has 1 aliphatic rings. The van der Waals surface area contributed by atoms with E-state index in [9.17, 15) is 27.2 Å². The van der Waals surface area contributed by atoms with E-state index in [-0.39, 0.29) is 0 Å². The van der Waals surface area contributed by atoms with Crippen LogP contribution < -0.4 is 29.8 Å². The number of halogens is 4. The van der Waals surface area contributed by atoms with Crippen LogP contribution in [0.1, 0.15) is 12.6 Å². The molecule has 0 radical (unpaired) electrons. The number of alkyl halides is 4. The molecule has 0 saturated carbocycles. The fourth-order valence-electron chi connectivity index (χ4n) is 3.33. The highest BCUT2D eigenvalue weighted by molar-refractivity contribution is 7.42. The highest BCUT2D eigenvalue weighted by Crippen LogP contribution is 2.45. The van der Waals surface area contributed by atoms with Crippen molar-refractivity contribution in [2.45, 2.75) is 24.7 Å².